The Bertz CT molecular complexity index is 764. The van der Waals surface area contributed by atoms with E-state index in [0.717, 1.165) is 48.3 Å². The monoisotopic (exact) mass is 326 g/mol. The molecule has 0 atom stereocenters. The van der Waals surface area contributed by atoms with Crippen LogP contribution in [0, 0.1) is 0 Å². The number of fused-ring (bicyclic) bond motifs is 1. The van der Waals surface area contributed by atoms with Crippen LogP contribution in [0.15, 0.2) is 30.3 Å². The lowest BCUT2D eigenvalue weighted by Crippen LogP contribution is -2.10. The fraction of sp³-hybridized carbons (Fsp3) is 0.350. The molecule has 2 aromatic carbocycles. The number of hydrogen-bond donors (Lipinski definition) is 1. The number of aromatic carboxylic acids is 1. The molecule has 24 heavy (non-hydrogen) atoms. The molecule has 0 radical (unpaired) electrons. The summed E-state index contributed by atoms with van der Waals surface area (Å²) >= 11 is 0. The fourth-order valence-electron chi connectivity index (χ4n) is 3.59. The van der Waals surface area contributed by atoms with Gasteiger partial charge in [-0.25, -0.2) is 4.79 Å². The molecule has 0 saturated heterocycles. The van der Waals surface area contributed by atoms with E-state index in [0.29, 0.717) is 12.0 Å². The van der Waals surface area contributed by atoms with Gasteiger partial charge in [-0.1, -0.05) is 18.2 Å². The van der Waals surface area contributed by atoms with Crippen LogP contribution in [0.2, 0.25) is 0 Å². The summed E-state index contributed by atoms with van der Waals surface area (Å²) in [7, 11) is 3.37. The number of rotatable bonds is 5. The van der Waals surface area contributed by atoms with Crippen molar-refractivity contribution < 1.29 is 19.4 Å². The highest BCUT2D eigenvalue weighted by molar-refractivity contribution is 5.89. The number of hydrogen-bond acceptors (Lipinski definition) is 3. The minimum Gasteiger partial charge on any atom is -0.496 e. The Morgan fingerprint density at radius 3 is 2.42 bits per heavy atom. The molecule has 1 N–H and O–H groups in total. The molecule has 0 amide bonds. The molecule has 0 saturated carbocycles. The first-order chi connectivity index (χ1) is 11.7. The Hall–Kier alpha value is -2.49. The van der Waals surface area contributed by atoms with Gasteiger partial charge in [-0.3, -0.25) is 0 Å². The largest absolute Gasteiger partial charge is 0.496 e. The average Bonchev–Trinajstić information content (AvgIpc) is 2.61. The van der Waals surface area contributed by atoms with Crippen molar-refractivity contribution in [3.8, 4) is 11.5 Å². The smallest absolute Gasteiger partial charge is 0.335 e. The molecule has 4 heteroatoms. The summed E-state index contributed by atoms with van der Waals surface area (Å²) in [5.41, 5.74) is 4.53. The lowest BCUT2D eigenvalue weighted by atomic mass is 9.86. The Balaban J connectivity index is 2.10. The highest BCUT2D eigenvalue weighted by Gasteiger charge is 2.22. The molecule has 0 aliphatic heterocycles. The van der Waals surface area contributed by atoms with Gasteiger partial charge in [0.1, 0.15) is 11.5 Å². The zero-order valence-electron chi connectivity index (χ0n) is 14.1. The highest BCUT2D eigenvalue weighted by atomic mass is 16.5. The van der Waals surface area contributed by atoms with Crippen molar-refractivity contribution in [1.82, 2.24) is 0 Å². The molecule has 1 aliphatic carbocycles. The van der Waals surface area contributed by atoms with E-state index in [1.54, 1.807) is 26.4 Å². The summed E-state index contributed by atoms with van der Waals surface area (Å²) < 4.78 is 11.3. The molecule has 126 valence electrons. The topological polar surface area (TPSA) is 55.8 Å². The molecular weight excluding hydrogens is 304 g/mol. The van der Waals surface area contributed by atoms with Gasteiger partial charge in [0.05, 0.1) is 19.8 Å². The van der Waals surface area contributed by atoms with Crippen LogP contribution in [0.1, 0.15) is 45.5 Å². The third-order valence-electron chi connectivity index (χ3n) is 4.69. The first-order valence-electron chi connectivity index (χ1n) is 8.22. The fourth-order valence-corrected chi connectivity index (χ4v) is 3.59. The Kier molecular flexibility index (Phi) is 4.74. The van der Waals surface area contributed by atoms with E-state index in [4.69, 9.17) is 9.47 Å². The van der Waals surface area contributed by atoms with Crippen molar-refractivity contribution >= 4 is 5.97 Å². The quantitative estimate of drug-likeness (QED) is 0.906. The average molecular weight is 326 g/mol. The second kappa shape index (κ2) is 6.95. The van der Waals surface area contributed by atoms with Crippen LogP contribution >= 0.6 is 0 Å². The van der Waals surface area contributed by atoms with Crippen LogP contribution in [-0.2, 0) is 19.3 Å². The van der Waals surface area contributed by atoms with E-state index in [-0.39, 0.29) is 0 Å². The summed E-state index contributed by atoms with van der Waals surface area (Å²) in [6, 6.07) is 9.11. The molecule has 2 aromatic rings. The van der Waals surface area contributed by atoms with Gasteiger partial charge in [0.2, 0.25) is 0 Å². The summed E-state index contributed by atoms with van der Waals surface area (Å²) in [5.74, 6) is 0.855. The second-order valence-electron chi connectivity index (χ2n) is 6.07. The maximum absolute atomic E-state index is 11.5. The molecule has 0 heterocycles. The van der Waals surface area contributed by atoms with Gasteiger partial charge < -0.3 is 14.6 Å². The van der Waals surface area contributed by atoms with Crippen molar-refractivity contribution in [3.05, 3.63) is 58.1 Å². The predicted octanol–water partition coefficient (Wildman–Crippen LogP) is 3.87. The molecular formula is C20H22O4. The van der Waals surface area contributed by atoms with Crippen LogP contribution in [0.4, 0.5) is 0 Å². The predicted molar refractivity (Wildman–Crippen MR) is 92.4 cm³/mol. The minimum absolute atomic E-state index is 0.330. The van der Waals surface area contributed by atoms with Crippen molar-refractivity contribution in [3.63, 3.8) is 0 Å². The van der Waals surface area contributed by atoms with E-state index < -0.39 is 5.97 Å². The van der Waals surface area contributed by atoms with Gasteiger partial charge in [-0.15, -0.1) is 0 Å². The highest BCUT2D eigenvalue weighted by Crippen LogP contribution is 2.40. The molecule has 0 unspecified atom stereocenters. The number of carboxylic acid groups (broad SMARTS) is 1. The maximum Gasteiger partial charge on any atom is 0.335 e. The normalized spacial score (nSPS) is 13.2. The van der Waals surface area contributed by atoms with Crippen molar-refractivity contribution in [2.75, 3.05) is 14.2 Å². The van der Waals surface area contributed by atoms with Crippen molar-refractivity contribution in [2.45, 2.75) is 32.1 Å². The van der Waals surface area contributed by atoms with Gasteiger partial charge in [0, 0.05) is 23.1 Å². The molecule has 0 bridgehead atoms. The van der Waals surface area contributed by atoms with Gasteiger partial charge in [0.15, 0.2) is 0 Å². The van der Waals surface area contributed by atoms with E-state index in [1.165, 1.54) is 11.1 Å². The standard InChI is InChI=1S/C20H22O4/c1-23-18-12-14(11-13-7-3-4-8-15(13)20(21)22)19(24-2)17-10-6-5-9-16(17)18/h3-4,7-8,12H,5-6,9-11H2,1-2H3,(H,21,22). The third-order valence-corrected chi connectivity index (χ3v) is 4.69. The van der Waals surface area contributed by atoms with Crippen molar-refractivity contribution in [2.24, 2.45) is 0 Å². The number of methoxy groups -OCH3 is 2. The number of ether oxygens (including phenoxy) is 2. The van der Waals surface area contributed by atoms with Crippen LogP contribution in [0.25, 0.3) is 0 Å². The Morgan fingerprint density at radius 1 is 1.04 bits per heavy atom. The number of carboxylic acids is 1. The number of benzene rings is 2. The van der Waals surface area contributed by atoms with Crippen LogP contribution in [0.3, 0.4) is 0 Å². The molecule has 3 rings (SSSR count). The molecule has 0 spiro atoms. The van der Waals surface area contributed by atoms with E-state index in [1.807, 2.05) is 18.2 Å². The molecule has 1 aliphatic rings. The molecule has 0 aromatic heterocycles. The SMILES string of the molecule is COc1cc(Cc2ccccc2C(=O)O)c(OC)c2c1CCCC2. The summed E-state index contributed by atoms with van der Waals surface area (Å²) in [6.07, 6.45) is 4.79. The van der Waals surface area contributed by atoms with Crippen LogP contribution in [0.5, 0.6) is 11.5 Å². The molecule has 0 fully saturated rings. The van der Waals surface area contributed by atoms with E-state index >= 15 is 0 Å². The van der Waals surface area contributed by atoms with Gasteiger partial charge >= 0.3 is 5.97 Å². The lowest BCUT2D eigenvalue weighted by Gasteiger charge is -2.24. The zero-order chi connectivity index (χ0) is 17.1. The summed E-state index contributed by atoms with van der Waals surface area (Å²) in [5, 5.41) is 9.41. The first-order valence-corrected chi connectivity index (χ1v) is 8.22. The minimum atomic E-state index is -0.908. The zero-order valence-corrected chi connectivity index (χ0v) is 14.1. The third kappa shape index (κ3) is 2.96. The Morgan fingerprint density at radius 2 is 1.75 bits per heavy atom. The number of carbonyl (C=O) groups is 1. The van der Waals surface area contributed by atoms with Gasteiger partial charge in [-0.05, 0) is 43.4 Å². The van der Waals surface area contributed by atoms with Crippen molar-refractivity contribution in [1.29, 1.82) is 0 Å². The van der Waals surface area contributed by atoms with Gasteiger partial charge in [-0.2, -0.15) is 0 Å². The van der Waals surface area contributed by atoms with E-state index in [9.17, 15) is 9.90 Å². The van der Waals surface area contributed by atoms with Crippen LogP contribution < -0.4 is 9.47 Å². The Labute approximate surface area is 142 Å². The summed E-state index contributed by atoms with van der Waals surface area (Å²) in [6.45, 7) is 0. The summed E-state index contributed by atoms with van der Waals surface area (Å²) in [4.78, 5) is 11.5. The molecule has 4 nitrogen and oxygen atoms in total. The van der Waals surface area contributed by atoms with Gasteiger partial charge in [0.25, 0.3) is 0 Å². The van der Waals surface area contributed by atoms with Crippen LogP contribution in [-0.4, -0.2) is 25.3 Å². The first kappa shape index (κ1) is 16.4. The maximum atomic E-state index is 11.5. The van der Waals surface area contributed by atoms with E-state index in [2.05, 4.69) is 0 Å². The second-order valence-corrected chi connectivity index (χ2v) is 6.07. The lowest BCUT2D eigenvalue weighted by molar-refractivity contribution is 0.0696.